The van der Waals surface area contributed by atoms with Gasteiger partial charge in [-0.1, -0.05) is 11.3 Å². The molecular formula is C14H22N2O3S. The standard InChI is InChI=1S/C14H22N2O3S/c1-9-10(2)20-14(19)16(9)7-13(18)15-12-5-3-11(8-17)4-6-12/h11-12,17H,3-8H2,1-2H3,(H,15,18). The van der Waals surface area contributed by atoms with E-state index in [0.717, 1.165) is 36.3 Å². The molecule has 1 aromatic heterocycles. The Bertz CT molecular complexity index is 527. The summed E-state index contributed by atoms with van der Waals surface area (Å²) in [4.78, 5) is 24.7. The highest BCUT2D eigenvalue weighted by molar-refractivity contribution is 7.09. The fraction of sp³-hybridized carbons (Fsp3) is 0.714. The van der Waals surface area contributed by atoms with Gasteiger partial charge in [0.2, 0.25) is 5.91 Å². The van der Waals surface area contributed by atoms with Gasteiger partial charge < -0.3 is 10.4 Å². The molecule has 112 valence electrons. The molecule has 20 heavy (non-hydrogen) atoms. The average Bonchev–Trinajstić information content (AvgIpc) is 2.66. The minimum atomic E-state index is -0.0968. The van der Waals surface area contributed by atoms with E-state index in [4.69, 9.17) is 5.11 Å². The van der Waals surface area contributed by atoms with Crippen LogP contribution in [0.5, 0.6) is 0 Å². The minimum absolute atomic E-state index is 0.0702. The van der Waals surface area contributed by atoms with Crippen molar-refractivity contribution in [1.29, 1.82) is 0 Å². The maximum atomic E-state index is 12.0. The first-order valence-electron chi connectivity index (χ1n) is 7.08. The van der Waals surface area contributed by atoms with Crippen LogP contribution in [0.2, 0.25) is 0 Å². The lowest BCUT2D eigenvalue weighted by atomic mass is 9.86. The molecule has 0 saturated heterocycles. The van der Waals surface area contributed by atoms with Gasteiger partial charge in [0, 0.05) is 23.2 Å². The van der Waals surface area contributed by atoms with Crippen LogP contribution in [0.25, 0.3) is 0 Å². The summed E-state index contributed by atoms with van der Waals surface area (Å²) in [6, 6.07) is 0.182. The van der Waals surface area contributed by atoms with E-state index in [0.29, 0.717) is 5.92 Å². The third-order valence-electron chi connectivity index (χ3n) is 4.15. The van der Waals surface area contributed by atoms with Crippen molar-refractivity contribution in [1.82, 2.24) is 9.88 Å². The molecule has 2 rings (SSSR count). The molecule has 0 spiro atoms. The first-order chi connectivity index (χ1) is 9.51. The largest absolute Gasteiger partial charge is 0.396 e. The molecule has 0 aliphatic heterocycles. The highest BCUT2D eigenvalue weighted by Gasteiger charge is 2.22. The Morgan fingerprint density at radius 2 is 2.00 bits per heavy atom. The predicted octanol–water partition coefficient (Wildman–Crippen LogP) is 1.19. The number of hydrogen-bond acceptors (Lipinski definition) is 4. The monoisotopic (exact) mass is 298 g/mol. The van der Waals surface area contributed by atoms with Gasteiger partial charge in [-0.15, -0.1) is 0 Å². The molecule has 1 fully saturated rings. The lowest BCUT2D eigenvalue weighted by molar-refractivity contribution is -0.122. The van der Waals surface area contributed by atoms with Crippen molar-refractivity contribution < 1.29 is 9.90 Å². The number of aromatic nitrogens is 1. The summed E-state index contributed by atoms with van der Waals surface area (Å²) < 4.78 is 1.54. The summed E-state index contributed by atoms with van der Waals surface area (Å²) in [7, 11) is 0. The summed E-state index contributed by atoms with van der Waals surface area (Å²) in [6.07, 6.45) is 3.73. The fourth-order valence-electron chi connectivity index (χ4n) is 2.68. The second kappa shape index (κ2) is 6.54. The number of aliphatic hydroxyl groups is 1. The molecule has 0 unspecified atom stereocenters. The molecule has 5 nitrogen and oxygen atoms in total. The van der Waals surface area contributed by atoms with Gasteiger partial charge in [0.25, 0.3) is 0 Å². The molecule has 1 amide bonds. The zero-order valence-corrected chi connectivity index (χ0v) is 12.8. The molecule has 0 bridgehead atoms. The number of thiazole rings is 1. The van der Waals surface area contributed by atoms with Crippen LogP contribution in [-0.2, 0) is 11.3 Å². The van der Waals surface area contributed by atoms with E-state index in [1.807, 2.05) is 13.8 Å². The summed E-state index contributed by atoms with van der Waals surface area (Å²) in [5, 5.41) is 12.1. The number of aryl methyl sites for hydroxylation is 1. The first kappa shape index (κ1) is 15.3. The van der Waals surface area contributed by atoms with Crippen molar-refractivity contribution >= 4 is 17.2 Å². The molecule has 0 atom stereocenters. The molecule has 0 aromatic carbocycles. The molecule has 1 saturated carbocycles. The smallest absolute Gasteiger partial charge is 0.308 e. The second-order valence-electron chi connectivity index (χ2n) is 5.56. The van der Waals surface area contributed by atoms with Crippen LogP contribution in [0.1, 0.15) is 36.3 Å². The summed E-state index contributed by atoms with van der Waals surface area (Å²) in [5.41, 5.74) is 0.874. The number of amides is 1. The first-order valence-corrected chi connectivity index (χ1v) is 7.90. The van der Waals surface area contributed by atoms with Crippen LogP contribution in [0.15, 0.2) is 4.79 Å². The van der Waals surface area contributed by atoms with Crippen LogP contribution < -0.4 is 10.2 Å². The van der Waals surface area contributed by atoms with Gasteiger partial charge in [0.1, 0.15) is 6.54 Å². The number of nitrogens with one attached hydrogen (secondary N) is 1. The number of rotatable bonds is 4. The maximum Gasteiger partial charge on any atom is 0.308 e. The van der Waals surface area contributed by atoms with Crippen molar-refractivity contribution in [2.45, 2.75) is 52.1 Å². The van der Waals surface area contributed by atoms with Crippen LogP contribution in [0.4, 0.5) is 0 Å². The molecular weight excluding hydrogens is 276 g/mol. The van der Waals surface area contributed by atoms with Crippen molar-refractivity contribution in [3.05, 3.63) is 20.2 Å². The Kier molecular flexibility index (Phi) is 4.99. The van der Waals surface area contributed by atoms with Crippen LogP contribution in [-0.4, -0.2) is 28.2 Å². The Balaban J connectivity index is 1.89. The summed E-state index contributed by atoms with van der Waals surface area (Å²) in [5.74, 6) is 0.285. The Labute approximate surface area is 122 Å². The van der Waals surface area contributed by atoms with Gasteiger partial charge in [-0.25, -0.2) is 0 Å². The molecule has 2 N–H and O–H groups in total. The highest BCUT2D eigenvalue weighted by Crippen LogP contribution is 2.23. The summed E-state index contributed by atoms with van der Waals surface area (Å²) in [6.45, 7) is 4.11. The molecule has 1 heterocycles. The average molecular weight is 298 g/mol. The van der Waals surface area contributed by atoms with Crippen molar-refractivity contribution in [2.24, 2.45) is 5.92 Å². The SMILES string of the molecule is Cc1sc(=O)n(CC(=O)NC2CCC(CO)CC2)c1C. The molecule has 1 aliphatic carbocycles. The zero-order chi connectivity index (χ0) is 14.7. The van der Waals surface area contributed by atoms with E-state index < -0.39 is 0 Å². The lowest BCUT2D eigenvalue weighted by Gasteiger charge is -2.28. The minimum Gasteiger partial charge on any atom is -0.396 e. The van der Waals surface area contributed by atoms with Crippen molar-refractivity contribution in [3.63, 3.8) is 0 Å². The third-order valence-corrected chi connectivity index (χ3v) is 5.14. The molecule has 1 aliphatic rings. The maximum absolute atomic E-state index is 12.0. The van der Waals surface area contributed by atoms with Gasteiger partial charge in [-0.2, -0.15) is 0 Å². The topological polar surface area (TPSA) is 71.3 Å². The summed E-state index contributed by atoms with van der Waals surface area (Å²) >= 11 is 1.19. The quantitative estimate of drug-likeness (QED) is 0.877. The third kappa shape index (κ3) is 3.49. The van der Waals surface area contributed by atoms with E-state index in [-0.39, 0.29) is 30.0 Å². The van der Waals surface area contributed by atoms with Gasteiger partial charge >= 0.3 is 4.87 Å². The number of nitrogens with zero attached hydrogens (tertiary/aromatic N) is 1. The Hall–Kier alpha value is -1.14. The number of aliphatic hydroxyl groups excluding tert-OH is 1. The van der Waals surface area contributed by atoms with Gasteiger partial charge in [0.05, 0.1) is 0 Å². The predicted molar refractivity (Wildman–Crippen MR) is 79.0 cm³/mol. The van der Waals surface area contributed by atoms with Gasteiger partial charge in [-0.05, 0) is 45.4 Å². The van der Waals surface area contributed by atoms with Crippen LogP contribution >= 0.6 is 11.3 Å². The normalized spacial score (nSPS) is 22.8. The van der Waals surface area contributed by atoms with Crippen LogP contribution in [0.3, 0.4) is 0 Å². The number of carbonyl (C=O) groups is 1. The van der Waals surface area contributed by atoms with E-state index >= 15 is 0 Å². The number of carbonyl (C=O) groups excluding carboxylic acids is 1. The van der Waals surface area contributed by atoms with E-state index in [2.05, 4.69) is 5.32 Å². The van der Waals surface area contributed by atoms with E-state index in [9.17, 15) is 9.59 Å². The highest BCUT2D eigenvalue weighted by atomic mass is 32.1. The Morgan fingerprint density at radius 1 is 1.35 bits per heavy atom. The Morgan fingerprint density at radius 3 is 2.50 bits per heavy atom. The van der Waals surface area contributed by atoms with Crippen LogP contribution in [0, 0.1) is 19.8 Å². The zero-order valence-electron chi connectivity index (χ0n) is 12.0. The van der Waals surface area contributed by atoms with Crippen molar-refractivity contribution in [3.8, 4) is 0 Å². The fourth-order valence-corrected chi connectivity index (χ4v) is 3.51. The van der Waals surface area contributed by atoms with Gasteiger partial charge in [0.15, 0.2) is 0 Å². The number of hydrogen-bond donors (Lipinski definition) is 2. The molecule has 1 aromatic rings. The second-order valence-corrected chi connectivity index (χ2v) is 6.73. The molecule has 0 radical (unpaired) electrons. The van der Waals surface area contributed by atoms with E-state index in [1.54, 1.807) is 0 Å². The van der Waals surface area contributed by atoms with E-state index in [1.165, 1.54) is 15.9 Å². The van der Waals surface area contributed by atoms with Gasteiger partial charge in [-0.3, -0.25) is 14.2 Å². The molecule has 6 heteroatoms. The van der Waals surface area contributed by atoms with Crippen molar-refractivity contribution in [2.75, 3.05) is 6.61 Å². The lowest BCUT2D eigenvalue weighted by Crippen LogP contribution is -2.40.